The van der Waals surface area contributed by atoms with Crippen LogP contribution >= 0.6 is 0 Å². The Kier molecular flexibility index (Phi) is 6.64. The molecule has 1 saturated heterocycles. The summed E-state index contributed by atoms with van der Waals surface area (Å²) in [6, 6.07) is 17.2. The normalized spacial score (nSPS) is 24.2. The van der Waals surface area contributed by atoms with Crippen LogP contribution in [0.1, 0.15) is 48.9 Å². The van der Waals surface area contributed by atoms with E-state index in [1.165, 1.54) is 0 Å². The molecule has 2 aromatic carbocycles. The Hall–Kier alpha value is -3.49. The van der Waals surface area contributed by atoms with E-state index >= 15 is 0 Å². The highest BCUT2D eigenvalue weighted by molar-refractivity contribution is 5.90. The van der Waals surface area contributed by atoms with Crippen molar-refractivity contribution in [2.45, 2.75) is 57.2 Å². The molecule has 1 unspecified atom stereocenters. The number of pyridine rings is 1. The molecule has 2 heterocycles. The summed E-state index contributed by atoms with van der Waals surface area (Å²) in [5.41, 5.74) is 11.0. The minimum absolute atomic E-state index is 0.169. The minimum atomic E-state index is -1.14. The highest BCUT2D eigenvalue weighted by Crippen LogP contribution is 2.38. The molecule has 2 aliphatic rings. The van der Waals surface area contributed by atoms with Crippen LogP contribution < -0.4 is 16.0 Å². The maximum absolute atomic E-state index is 13.5. The van der Waals surface area contributed by atoms with Crippen LogP contribution in [0.4, 0.5) is 0 Å². The van der Waals surface area contributed by atoms with Crippen LogP contribution in [0.15, 0.2) is 54.6 Å². The largest absolute Gasteiger partial charge is 0.489 e. The fraction of sp³-hybridized carbons (Fsp3) is 0.393. The van der Waals surface area contributed by atoms with Gasteiger partial charge in [0.15, 0.2) is 0 Å². The summed E-state index contributed by atoms with van der Waals surface area (Å²) in [5.74, 6) is -0.327. The fourth-order valence-corrected chi connectivity index (χ4v) is 5.74. The molecule has 1 aliphatic heterocycles. The molecule has 8 nitrogen and oxygen atoms in total. The molecule has 36 heavy (non-hydrogen) atoms. The van der Waals surface area contributed by atoms with Crippen molar-refractivity contribution in [1.82, 2.24) is 15.4 Å². The first-order chi connectivity index (χ1) is 17.4. The number of aromatic nitrogens is 1. The molecule has 5 rings (SSSR count). The lowest BCUT2D eigenvalue weighted by atomic mass is 9.82. The van der Waals surface area contributed by atoms with Crippen LogP contribution in [0.25, 0.3) is 10.9 Å². The van der Waals surface area contributed by atoms with Gasteiger partial charge in [0.2, 0.25) is 11.8 Å². The first-order valence-electron chi connectivity index (χ1n) is 12.5. The minimum Gasteiger partial charge on any atom is -0.489 e. The number of nitrogens with one attached hydrogen (secondary N) is 1. The van der Waals surface area contributed by atoms with E-state index in [9.17, 15) is 9.59 Å². The van der Waals surface area contributed by atoms with Crippen LogP contribution in [0.5, 0.6) is 5.75 Å². The van der Waals surface area contributed by atoms with Gasteiger partial charge in [-0.1, -0.05) is 43.2 Å². The van der Waals surface area contributed by atoms with Gasteiger partial charge in [-0.05, 0) is 56.0 Å². The summed E-state index contributed by atoms with van der Waals surface area (Å²) in [7, 11) is 0. The molecular weight excluding hydrogens is 456 g/mol. The van der Waals surface area contributed by atoms with Crippen molar-refractivity contribution in [3.05, 3.63) is 71.4 Å². The predicted octanol–water partition coefficient (Wildman–Crippen LogP) is 3.57. The SMILES string of the molecule is Cc1cc(COc2ccc(C3(N)CCN([C@@H]4CCCC[C@H]4C(=O)NO)C3=O)cc2)c2ccccc2n1. The zero-order chi connectivity index (χ0) is 25.3. The highest BCUT2D eigenvalue weighted by atomic mass is 16.5. The van der Waals surface area contributed by atoms with Gasteiger partial charge in [0.25, 0.3) is 0 Å². The first kappa shape index (κ1) is 24.2. The number of carbonyl (C=O) groups is 2. The number of carbonyl (C=O) groups excluding carboxylic acids is 2. The van der Waals surface area contributed by atoms with Gasteiger partial charge in [-0.15, -0.1) is 0 Å². The van der Waals surface area contributed by atoms with Gasteiger partial charge in [0.1, 0.15) is 17.9 Å². The monoisotopic (exact) mass is 488 g/mol. The number of nitrogens with two attached hydrogens (primary N) is 1. The summed E-state index contributed by atoms with van der Waals surface area (Å²) in [6.45, 7) is 2.86. The second kappa shape index (κ2) is 9.87. The number of hydrogen-bond acceptors (Lipinski definition) is 6. The van der Waals surface area contributed by atoms with Crippen molar-refractivity contribution in [2.24, 2.45) is 11.7 Å². The Morgan fingerprint density at radius 3 is 2.72 bits per heavy atom. The zero-order valence-corrected chi connectivity index (χ0v) is 20.4. The average Bonchev–Trinajstić information content (AvgIpc) is 3.21. The molecule has 0 bridgehead atoms. The zero-order valence-electron chi connectivity index (χ0n) is 20.4. The third-order valence-electron chi connectivity index (χ3n) is 7.66. The van der Waals surface area contributed by atoms with Gasteiger partial charge >= 0.3 is 0 Å². The summed E-state index contributed by atoms with van der Waals surface area (Å²) >= 11 is 0. The summed E-state index contributed by atoms with van der Waals surface area (Å²) in [5, 5.41) is 10.2. The van der Waals surface area contributed by atoms with E-state index in [0.717, 1.165) is 47.0 Å². The molecule has 1 saturated carbocycles. The molecule has 0 spiro atoms. The van der Waals surface area contributed by atoms with Crippen molar-refractivity contribution in [2.75, 3.05) is 6.54 Å². The molecule has 0 radical (unpaired) electrons. The molecule has 4 N–H and O–H groups in total. The molecule has 2 fully saturated rings. The van der Waals surface area contributed by atoms with Crippen LogP contribution in [-0.4, -0.2) is 39.5 Å². The van der Waals surface area contributed by atoms with Gasteiger partial charge < -0.3 is 15.4 Å². The van der Waals surface area contributed by atoms with Crippen molar-refractivity contribution in [3.8, 4) is 5.75 Å². The standard InChI is InChI=1S/C28H32N4O4/c1-18-16-19(22-6-2-4-8-24(22)30-18)17-36-21-12-10-20(11-13-21)28(29)14-15-32(27(28)34)25-9-5-3-7-23(25)26(33)31-35/h2,4,6,8,10-13,16,23,25,35H,3,5,7,9,14-15,17,29H2,1H3,(H,31,33)/t23-,25-,28?/m1/s1. The van der Waals surface area contributed by atoms with Gasteiger partial charge in [0, 0.05) is 29.2 Å². The number of rotatable bonds is 6. The topological polar surface area (TPSA) is 118 Å². The van der Waals surface area contributed by atoms with E-state index in [2.05, 4.69) is 4.98 Å². The molecule has 3 atom stereocenters. The Morgan fingerprint density at radius 1 is 1.19 bits per heavy atom. The van der Waals surface area contributed by atoms with Gasteiger partial charge in [0.05, 0.1) is 11.4 Å². The molecule has 2 amide bonds. The number of hydrogen-bond donors (Lipinski definition) is 3. The van der Waals surface area contributed by atoms with Gasteiger partial charge in [-0.2, -0.15) is 0 Å². The van der Waals surface area contributed by atoms with Crippen LogP contribution in [0.2, 0.25) is 0 Å². The number of aryl methyl sites for hydroxylation is 1. The second-order valence-electron chi connectivity index (χ2n) is 9.91. The van der Waals surface area contributed by atoms with Crippen LogP contribution in [-0.2, 0) is 21.7 Å². The van der Waals surface area contributed by atoms with E-state index in [0.29, 0.717) is 31.7 Å². The van der Waals surface area contributed by atoms with Crippen molar-refractivity contribution < 1.29 is 19.5 Å². The van der Waals surface area contributed by atoms with Crippen LogP contribution in [0, 0.1) is 12.8 Å². The number of fused-ring (bicyclic) bond motifs is 1. The number of para-hydroxylation sites is 1. The van der Waals surface area contributed by atoms with Crippen molar-refractivity contribution in [1.29, 1.82) is 0 Å². The molecule has 8 heteroatoms. The fourth-order valence-electron chi connectivity index (χ4n) is 5.74. The highest BCUT2D eigenvalue weighted by Gasteiger charge is 2.49. The number of benzene rings is 2. The quantitative estimate of drug-likeness (QED) is 0.361. The first-order valence-corrected chi connectivity index (χ1v) is 12.5. The van der Waals surface area contributed by atoms with Crippen LogP contribution in [0.3, 0.4) is 0 Å². The Balaban J connectivity index is 1.30. The molecule has 1 aliphatic carbocycles. The number of nitrogens with zero attached hydrogens (tertiary/aromatic N) is 2. The van der Waals surface area contributed by atoms with Gasteiger partial charge in [-0.25, -0.2) is 5.48 Å². The Bertz CT molecular complexity index is 1280. The molecule has 1 aromatic heterocycles. The van der Waals surface area contributed by atoms with E-state index in [-0.39, 0.29) is 11.9 Å². The van der Waals surface area contributed by atoms with E-state index in [1.54, 1.807) is 10.4 Å². The third-order valence-corrected chi connectivity index (χ3v) is 7.66. The summed E-state index contributed by atoms with van der Waals surface area (Å²) in [4.78, 5) is 32.1. The number of hydroxylamine groups is 1. The smallest absolute Gasteiger partial charge is 0.248 e. The predicted molar refractivity (Wildman–Crippen MR) is 135 cm³/mol. The number of amides is 2. The van der Waals surface area contributed by atoms with Crippen molar-refractivity contribution in [3.63, 3.8) is 0 Å². The van der Waals surface area contributed by atoms with E-state index in [4.69, 9.17) is 15.7 Å². The van der Waals surface area contributed by atoms with E-state index in [1.807, 2.05) is 61.5 Å². The molecular formula is C28H32N4O4. The number of ether oxygens (including phenoxy) is 1. The second-order valence-corrected chi connectivity index (χ2v) is 9.91. The lowest BCUT2D eigenvalue weighted by Gasteiger charge is -2.37. The molecule has 188 valence electrons. The average molecular weight is 489 g/mol. The van der Waals surface area contributed by atoms with Gasteiger partial charge in [-0.3, -0.25) is 19.8 Å². The van der Waals surface area contributed by atoms with E-state index < -0.39 is 17.4 Å². The van der Waals surface area contributed by atoms with Crippen molar-refractivity contribution >= 4 is 22.7 Å². The maximum atomic E-state index is 13.5. The summed E-state index contributed by atoms with van der Waals surface area (Å²) in [6.07, 6.45) is 3.70. The Labute approximate surface area is 210 Å². The maximum Gasteiger partial charge on any atom is 0.248 e. The lowest BCUT2D eigenvalue weighted by molar-refractivity contribution is -0.142. The number of likely N-dealkylation sites (tertiary alicyclic amines) is 1. The third kappa shape index (κ3) is 4.42. The summed E-state index contributed by atoms with van der Waals surface area (Å²) < 4.78 is 6.07. The molecule has 3 aromatic rings. The Morgan fingerprint density at radius 2 is 1.94 bits per heavy atom. The lowest BCUT2D eigenvalue weighted by Crippen LogP contribution is -2.52.